The Morgan fingerprint density at radius 2 is 2.12 bits per heavy atom. The van der Waals surface area contributed by atoms with Crippen molar-refractivity contribution in [1.29, 1.82) is 0 Å². The molecule has 84 valence electrons. The average Bonchev–Trinajstić information content (AvgIpc) is 2.69. The van der Waals surface area contributed by atoms with Gasteiger partial charge in [0.25, 0.3) is 0 Å². The van der Waals surface area contributed by atoms with Gasteiger partial charge in [-0.15, -0.1) is 0 Å². The molecule has 2 N–H and O–H groups in total. The van der Waals surface area contributed by atoms with E-state index in [9.17, 15) is 0 Å². The molecule has 0 radical (unpaired) electrons. The van der Waals surface area contributed by atoms with E-state index >= 15 is 0 Å². The molecule has 0 saturated carbocycles. The summed E-state index contributed by atoms with van der Waals surface area (Å²) >= 11 is 3.43. The number of nitrogen functional groups attached to an aromatic ring is 1. The lowest BCUT2D eigenvalue weighted by Gasteiger charge is -2.01. The molecule has 0 unspecified atom stereocenters. The molecule has 3 aromatic heterocycles. The van der Waals surface area contributed by atoms with Crippen LogP contribution in [-0.4, -0.2) is 14.4 Å². The summed E-state index contributed by atoms with van der Waals surface area (Å²) in [7, 11) is 0. The fourth-order valence-corrected chi connectivity index (χ4v) is 2.41. The van der Waals surface area contributed by atoms with Crippen LogP contribution in [0.25, 0.3) is 16.9 Å². The molecule has 0 aromatic carbocycles. The first-order chi connectivity index (χ1) is 8.27. The first-order valence-electron chi connectivity index (χ1n) is 5.10. The number of rotatable bonds is 1. The molecule has 0 amide bonds. The second-order valence-electron chi connectivity index (χ2n) is 3.65. The number of nitrogens with zero attached hydrogens (tertiary/aromatic N) is 3. The quantitative estimate of drug-likeness (QED) is 0.749. The van der Waals surface area contributed by atoms with Crippen molar-refractivity contribution in [2.24, 2.45) is 0 Å². The molecule has 0 fully saturated rings. The zero-order valence-corrected chi connectivity index (χ0v) is 10.4. The van der Waals surface area contributed by atoms with Crippen molar-refractivity contribution in [1.82, 2.24) is 14.4 Å². The van der Waals surface area contributed by atoms with E-state index in [0.29, 0.717) is 5.69 Å². The third kappa shape index (κ3) is 1.59. The number of hydrogen-bond donors (Lipinski definition) is 1. The minimum absolute atomic E-state index is 0.696. The molecule has 3 heterocycles. The number of imidazole rings is 1. The van der Waals surface area contributed by atoms with Crippen molar-refractivity contribution >= 4 is 27.1 Å². The molecule has 0 spiro atoms. The maximum atomic E-state index is 5.94. The van der Waals surface area contributed by atoms with Gasteiger partial charge in [-0.2, -0.15) is 0 Å². The van der Waals surface area contributed by atoms with Gasteiger partial charge in [0, 0.05) is 24.2 Å². The summed E-state index contributed by atoms with van der Waals surface area (Å²) in [5.74, 6) is 0.826. The molecule has 0 aliphatic heterocycles. The lowest BCUT2D eigenvalue weighted by Crippen LogP contribution is -1.93. The van der Waals surface area contributed by atoms with Crippen molar-refractivity contribution in [2.75, 3.05) is 5.73 Å². The molecule has 0 saturated heterocycles. The highest BCUT2D eigenvalue weighted by atomic mass is 79.9. The number of aromatic nitrogens is 3. The minimum Gasteiger partial charge on any atom is -0.397 e. The van der Waals surface area contributed by atoms with Gasteiger partial charge >= 0.3 is 0 Å². The van der Waals surface area contributed by atoms with E-state index in [0.717, 1.165) is 21.5 Å². The average molecular weight is 289 g/mol. The molecule has 0 bridgehead atoms. The van der Waals surface area contributed by atoms with Gasteiger partial charge in [-0.25, -0.2) is 4.98 Å². The van der Waals surface area contributed by atoms with E-state index in [2.05, 4.69) is 25.9 Å². The first-order valence-corrected chi connectivity index (χ1v) is 5.89. The van der Waals surface area contributed by atoms with E-state index in [1.165, 1.54) is 0 Å². The first kappa shape index (κ1) is 10.3. The lowest BCUT2D eigenvalue weighted by atomic mass is 10.3. The van der Waals surface area contributed by atoms with Crippen LogP contribution >= 0.6 is 15.9 Å². The molecule has 0 aliphatic carbocycles. The standard InChI is InChI=1S/C12H9BrN4/c13-11-10-9(14)4-2-6-17(10)12(16-11)8-3-1-5-15-7-8/h1-7H,14H2. The van der Waals surface area contributed by atoms with Gasteiger partial charge in [-0.1, -0.05) is 0 Å². The molecular formula is C12H9BrN4. The Labute approximate surface area is 106 Å². The van der Waals surface area contributed by atoms with Crippen molar-refractivity contribution in [3.63, 3.8) is 0 Å². The largest absolute Gasteiger partial charge is 0.397 e. The summed E-state index contributed by atoms with van der Waals surface area (Å²) in [5.41, 5.74) is 8.48. The molecule has 0 atom stereocenters. The van der Waals surface area contributed by atoms with Gasteiger partial charge < -0.3 is 5.73 Å². The summed E-state index contributed by atoms with van der Waals surface area (Å²) in [6.45, 7) is 0. The summed E-state index contributed by atoms with van der Waals surface area (Å²) in [4.78, 5) is 8.58. The van der Waals surface area contributed by atoms with Crippen LogP contribution < -0.4 is 5.73 Å². The Bertz CT molecular complexity index is 676. The van der Waals surface area contributed by atoms with E-state index in [-0.39, 0.29) is 0 Å². The van der Waals surface area contributed by atoms with Gasteiger partial charge in [0.05, 0.1) is 5.69 Å². The summed E-state index contributed by atoms with van der Waals surface area (Å²) in [5, 5.41) is 0. The number of halogens is 1. The number of fused-ring (bicyclic) bond motifs is 1. The highest BCUT2D eigenvalue weighted by Crippen LogP contribution is 2.28. The van der Waals surface area contributed by atoms with Crippen molar-refractivity contribution in [2.45, 2.75) is 0 Å². The van der Waals surface area contributed by atoms with Crippen molar-refractivity contribution in [3.8, 4) is 11.4 Å². The molecule has 17 heavy (non-hydrogen) atoms. The van der Waals surface area contributed by atoms with Gasteiger partial charge in [-0.3, -0.25) is 9.38 Å². The maximum absolute atomic E-state index is 5.94. The van der Waals surface area contributed by atoms with Crippen LogP contribution in [0, 0.1) is 0 Å². The highest BCUT2D eigenvalue weighted by molar-refractivity contribution is 9.10. The van der Waals surface area contributed by atoms with Crippen molar-refractivity contribution < 1.29 is 0 Å². The molecule has 3 rings (SSSR count). The predicted molar refractivity (Wildman–Crippen MR) is 70.5 cm³/mol. The fourth-order valence-electron chi connectivity index (χ4n) is 1.82. The molecular weight excluding hydrogens is 280 g/mol. The van der Waals surface area contributed by atoms with Gasteiger partial charge in [0.1, 0.15) is 15.9 Å². The van der Waals surface area contributed by atoms with Gasteiger partial charge in [0.2, 0.25) is 0 Å². The Hall–Kier alpha value is -1.88. The molecule has 4 nitrogen and oxygen atoms in total. The Balaban J connectivity index is 2.36. The van der Waals surface area contributed by atoms with Crippen molar-refractivity contribution in [3.05, 3.63) is 47.5 Å². The van der Waals surface area contributed by atoms with Crippen LogP contribution in [0.2, 0.25) is 0 Å². The van der Waals surface area contributed by atoms with Crippen LogP contribution in [0.3, 0.4) is 0 Å². The smallest absolute Gasteiger partial charge is 0.147 e. The second-order valence-corrected chi connectivity index (χ2v) is 4.40. The normalized spacial score (nSPS) is 10.9. The molecule has 3 aromatic rings. The summed E-state index contributed by atoms with van der Waals surface area (Å²) in [6.07, 6.45) is 5.46. The Morgan fingerprint density at radius 1 is 1.24 bits per heavy atom. The Kier molecular flexibility index (Phi) is 2.33. The molecule has 0 aliphatic rings. The Morgan fingerprint density at radius 3 is 2.88 bits per heavy atom. The number of nitrogens with two attached hydrogens (primary N) is 1. The molecule has 5 heteroatoms. The third-order valence-electron chi connectivity index (χ3n) is 2.57. The van der Waals surface area contributed by atoms with Crippen LogP contribution in [0.1, 0.15) is 0 Å². The summed E-state index contributed by atoms with van der Waals surface area (Å²) in [6, 6.07) is 7.61. The van der Waals surface area contributed by atoms with Gasteiger partial charge in [0.15, 0.2) is 0 Å². The van der Waals surface area contributed by atoms with Gasteiger partial charge in [-0.05, 0) is 40.2 Å². The predicted octanol–water partition coefficient (Wildman–Crippen LogP) is 2.74. The van der Waals surface area contributed by atoms with E-state index in [1.807, 2.05) is 34.9 Å². The van der Waals surface area contributed by atoms with E-state index < -0.39 is 0 Å². The second kappa shape index (κ2) is 3.85. The maximum Gasteiger partial charge on any atom is 0.147 e. The third-order valence-corrected chi connectivity index (χ3v) is 3.13. The highest BCUT2D eigenvalue weighted by Gasteiger charge is 2.12. The van der Waals surface area contributed by atoms with Crippen LogP contribution in [0.4, 0.5) is 5.69 Å². The SMILES string of the molecule is Nc1cccn2c(-c3cccnc3)nc(Br)c12. The zero-order chi connectivity index (χ0) is 11.8. The van der Waals surface area contributed by atoms with Crippen LogP contribution in [0.5, 0.6) is 0 Å². The topological polar surface area (TPSA) is 56.2 Å². The van der Waals surface area contributed by atoms with E-state index in [1.54, 1.807) is 12.4 Å². The van der Waals surface area contributed by atoms with Crippen LogP contribution in [0.15, 0.2) is 47.5 Å². The number of pyridine rings is 2. The number of hydrogen-bond acceptors (Lipinski definition) is 3. The summed E-state index contributed by atoms with van der Waals surface area (Å²) < 4.78 is 2.70. The minimum atomic E-state index is 0.696. The van der Waals surface area contributed by atoms with Crippen LogP contribution in [-0.2, 0) is 0 Å². The fraction of sp³-hybridized carbons (Fsp3) is 0. The number of anilines is 1. The monoisotopic (exact) mass is 288 g/mol. The van der Waals surface area contributed by atoms with E-state index in [4.69, 9.17) is 5.73 Å². The lowest BCUT2D eigenvalue weighted by molar-refractivity contribution is 1.15. The zero-order valence-electron chi connectivity index (χ0n) is 8.84.